The molecule has 1 aromatic carbocycles. The minimum atomic E-state index is -0.429. The van der Waals surface area contributed by atoms with E-state index in [-0.39, 0.29) is 6.09 Å². The number of likely N-dealkylation sites (tertiary alicyclic amines) is 1. The lowest BCUT2D eigenvalue weighted by molar-refractivity contribution is 0.0196. The summed E-state index contributed by atoms with van der Waals surface area (Å²) < 4.78 is 6.54. The van der Waals surface area contributed by atoms with Gasteiger partial charge in [0.2, 0.25) is 0 Å². The van der Waals surface area contributed by atoms with Crippen LogP contribution in [-0.4, -0.2) is 35.7 Å². The van der Waals surface area contributed by atoms with Crippen LogP contribution < -0.4 is 5.32 Å². The van der Waals surface area contributed by atoms with Crippen LogP contribution in [-0.2, 0) is 4.74 Å². The van der Waals surface area contributed by atoms with Crippen molar-refractivity contribution in [1.29, 1.82) is 0 Å². The van der Waals surface area contributed by atoms with Crippen LogP contribution in [0.3, 0.4) is 0 Å². The first-order valence-electron chi connectivity index (χ1n) is 8.24. The molecule has 1 aromatic rings. The van der Waals surface area contributed by atoms with Crippen molar-refractivity contribution in [3.8, 4) is 0 Å². The lowest BCUT2D eigenvalue weighted by atomic mass is 10.0. The molecule has 5 heteroatoms. The van der Waals surface area contributed by atoms with Gasteiger partial charge >= 0.3 is 6.09 Å². The maximum absolute atomic E-state index is 12.1. The van der Waals surface area contributed by atoms with Gasteiger partial charge in [-0.2, -0.15) is 0 Å². The number of ether oxygens (including phenoxy) is 1. The van der Waals surface area contributed by atoms with Crippen LogP contribution in [0.2, 0.25) is 0 Å². The highest BCUT2D eigenvalue weighted by Crippen LogP contribution is 2.21. The van der Waals surface area contributed by atoms with Gasteiger partial charge in [0.05, 0.1) is 0 Å². The van der Waals surface area contributed by atoms with E-state index in [1.165, 1.54) is 5.56 Å². The second-order valence-corrected chi connectivity index (χ2v) is 8.10. The Kier molecular flexibility index (Phi) is 6.09. The Morgan fingerprint density at radius 2 is 2.00 bits per heavy atom. The Hall–Kier alpha value is -1.07. The number of benzene rings is 1. The van der Waals surface area contributed by atoms with Crippen molar-refractivity contribution in [2.24, 2.45) is 0 Å². The fourth-order valence-electron chi connectivity index (χ4n) is 2.78. The average Bonchev–Trinajstić information content (AvgIpc) is 2.46. The van der Waals surface area contributed by atoms with Gasteiger partial charge in [-0.3, -0.25) is 0 Å². The van der Waals surface area contributed by atoms with Gasteiger partial charge in [0.15, 0.2) is 0 Å². The molecule has 0 radical (unpaired) electrons. The normalized spacial score (nSPS) is 17.9. The molecule has 1 atom stereocenters. The summed E-state index contributed by atoms with van der Waals surface area (Å²) in [5.41, 5.74) is 0.843. The molecule has 128 valence electrons. The number of hydrogen-bond acceptors (Lipinski definition) is 3. The molecule has 0 bridgehead atoms. The third-order valence-corrected chi connectivity index (χ3v) is 4.47. The van der Waals surface area contributed by atoms with E-state index in [1.807, 2.05) is 31.7 Å². The molecule has 0 unspecified atom stereocenters. The van der Waals surface area contributed by atoms with Crippen molar-refractivity contribution in [3.05, 3.63) is 34.3 Å². The molecule has 4 nitrogen and oxygen atoms in total. The predicted molar refractivity (Wildman–Crippen MR) is 96.5 cm³/mol. The summed E-state index contributed by atoms with van der Waals surface area (Å²) in [4.78, 5) is 13.9. The van der Waals surface area contributed by atoms with Gasteiger partial charge in [0.25, 0.3) is 0 Å². The quantitative estimate of drug-likeness (QED) is 0.836. The fraction of sp³-hybridized carbons (Fsp3) is 0.611. The van der Waals surface area contributed by atoms with Gasteiger partial charge < -0.3 is 15.0 Å². The molecule has 1 amide bonds. The molecule has 1 heterocycles. The number of nitrogens with one attached hydrogen (secondary N) is 1. The first-order chi connectivity index (χ1) is 10.7. The maximum Gasteiger partial charge on any atom is 0.410 e. The Morgan fingerprint density at radius 3 is 2.57 bits per heavy atom. The molecule has 1 saturated heterocycles. The summed E-state index contributed by atoms with van der Waals surface area (Å²) in [7, 11) is 0. The molecular formula is C18H27BrN2O2. The summed E-state index contributed by atoms with van der Waals surface area (Å²) in [5.74, 6) is 0. The average molecular weight is 383 g/mol. The van der Waals surface area contributed by atoms with E-state index >= 15 is 0 Å². The molecule has 1 fully saturated rings. The Balaban J connectivity index is 1.81. The standard InChI is InChI=1S/C18H27BrN2O2/c1-13(14-6-5-7-15(19)12-14)20-16-8-10-21(11-9-16)17(22)23-18(2,3)4/h5-7,12-13,16,20H,8-11H2,1-4H3/t13-/m1/s1. The molecule has 0 aliphatic carbocycles. The SMILES string of the molecule is C[C@@H](NC1CCN(C(=O)OC(C)(C)C)CC1)c1cccc(Br)c1. The topological polar surface area (TPSA) is 41.6 Å². The van der Waals surface area contributed by atoms with Crippen LogP contribution in [0.15, 0.2) is 28.7 Å². The van der Waals surface area contributed by atoms with Crippen molar-refractivity contribution in [3.63, 3.8) is 0 Å². The molecule has 2 rings (SSSR count). The number of carbonyl (C=O) groups excluding carboxylic acids is 1. The van der Waals surface area contributed by atoms with Crippen LogP contribution in [0, 0.1) is 0 Å². The number of piperidine rings is 1. The summed E-state index contributed by atoms with van der Waals surface area (Å²) in [6.45, 7) is 9.38. The minimum absolute atomic E-state index is 0.198. The zero-order chi connectivity index (χ0) is 17.0. The lowest BCUT2D eigenvalue weighted by Crippen LogP contribution is -2.46. The number of hydrogen-bond donors (Lipinski definition) is 1. The largest absolute Gasteiger partial charge is 0.444 e. The van der Waals surface area contributed by atoms with E-state index < -0.39 is 5.60 Å². The maximum atomic E-state index is 12.1. The van der Waals surface area contributed by atoms with Crippen molar-refractivity contribution in [2.75, 3.05) is 13.1 Å². The highest BCUT2D eigenvalue weighted by Gasteiger charge is 2.27. The first kappa shape index (κ1) is 18.3. The van der Waals surface area contributed by atoms with Gasteiger partial charge in [-0.1, -0.05) is 28.1 Å². The monoisotopic (exact) mass is 382 g/mol. The van der Waals surface area contributed by atoms with Crippen molar-refractivity contribution < 1.29 is 9.53 Å². The predicted octanol–water partition coefficient (Wildman–Crippen LogP) is 4.50. The molecule has 1 N–H and O–H groups in total. The second-order valence-electron chi connectivity index (χ2n) is 7.19. The van der Waals surface area contributed by atoms with Gasteiger partial charge in [-0.15, -0.1) is 0 Å². The van der Waals surface area contributed by atoms with Gasteiger partial charge in [-0.05, 0) is 58.2 Å². The smallest absolute Gasteiger partial charge is 0.410 e. The number of amides is 1. The third-order valence-electron chi connectivity index (χ3n) is 3.98. The molecular weight excluding hydrogens is 356 g/mol. The molecule has 0 aromatic heterocycles. The van der Waals surface area contributed by atoms with Gasteiger partial charge in [-0.25, -0.2) is 4.79 Å². The minimum Gasteiger partial charge on any atom is -0.444 e. The zero-order valence-corrected chi connectivity index (χ0v) is 16.0. The highest BCUT2D eigenvalue weighted by molar-refractivity contribution is 9.10. The Labute approximate surface area is 147 Å². The molecule has 23 heavy (non-hydrogen) atoms. The molecule has 0 saturated carbocycles. The number of carbonyl (C=O) groups is 1. The van der Waals surface area contributed by atoms with Crippen LogP contribution in [0.1, 0.15) is 52.1 Å². The van der Waals surface area contributed by atoms with Crippen molar-refractivity contribution in [2.45, 2.75) is 58.2 Å². The fourth-order valence-corrected chi connectivity index (χ4v) is 3.20. The number of nitrogens with zero attached hydrogens (tertiary/aromatic N) is 1. The van der Waals surface area contributed by atoms with E-state index in [1.54, 1.807) is 0 Å². The van der Waals surface area contributed by atoms with E-state index in [4.69, 9.17) is 4.74 Å². The summed E-state index contributed by atoms with van der Waals surface area (Å²) >= 11 is 3.52. The number of halogens is 1. The third kappa shape index (κ3) is 5.81. The number of rotatable bonds is 3. The highest BCUT2D eigenvalue weighted by atomic mass is 79.9. The van der Waals surface area contributed by atoms with E-state index in [2.05, 4.69) is 46.4 Å². The van der Waals surface area contributed by atoms with Crippen LogP contribution >= 0.6 is 15.9 Å². The van der Waals surface area contributed by atoms with Crippen LogP contribution in [0.5, 0.6) is 0 Å². The Bertz CT molecular complexity index is 534. The lowest BCUT2D eigenvalue weighted by Gasteiger charge is -2.35. The van der Waals surface area contributed by atoms with Gasteiger partial charge in [0.1, 0.15) is 5.60 Å². The molecule has 1 aliphatic rings. The molecule has 1 aliphatic heterocycles. The summed E-state index contributed by atoms with van der Waals surface area (Å²) in [5, 5.41) is 3.67. The van der Waals surface area contributed by atoms with Gasteiger partial charge in [0, 0.05) is 29.6 Å². The molecule has 0 spiro atoms. The Morgan fingerprint density at radius 1 is 1.35 bits per heavy atom. The summed E-state index contributed by atoms with van der Waals surface area (Å²) in [6, 6.07) is 9.11. The van der Waals surface area contributed by atoms with Crippen molar-refractivity contribution >= 4 is 22.0 Å². The van der Waals surface area contributed by atoms with Crippen molar-refractivity contribution in [1.82, 2.24) is 10.2 Å². The second kappa shape index (κ2) is 7.67. The van der Waals surface area contributed by atoms with Crippen LogP contribution in [0.25, 0.3) is 0 Å². The summed E-state index contributed by atoms with van der Waals surface area (Å²) in [6.07, 6.45) is 1.71. The van der Waals surface area contributed by atoms with Crippen LogP contribution in [0.4, 0.5) is 4.79 Å². The first-order valence-corrected chi connectivity index (χ1v) is 9.03. The van der Waals surface area contributed by atoms with E-state index in [0.717, 1.165) is 30.4 Å². The van der Waals surface area contributed by atoms with E-state index in [0.29, 0.717) is 12.1 Å². The van der Waals surface area contributed by atoms with E-state index in [9.17, 15) is 4.79 Å². The zero-order valence-electron chi connectivity index (χ0n) is 14.4.